The summed E-state index contributed by atoms with van der Waals surface area (Å²) in [5, 5.41) is 14.9. The van der Waals surface area contributed by atoms with Crippen LogP contribution in [0.4, 0.5) is 8.78 Å². The minimum absolute atomic E-state index is 0.0113. The Morgan fingerprint density at radius 3 is 2.76 bits per heavy atom. The number of ether oxygens (including phenoxy) is 2. The molecule has 34 heavy (non-hydrogen) atoms. The van der Waals surface area contributed by atoms with E-state index >= 15 is 0 Å². The molecular formula is C22H22F2N4O6. The molecule has 10 nitrogen and oxygen atoms in total. The molecule has 1 aromatic heterocycles. The van der Waals surface area contributed by atoms with Crippen LogP contribution in [0.5, 0.6) is 5.75 Å². The van der Waals surface area contributed by atoms with E-state index in [2.05, 4.69) is 5.32 Å². The van der Waals surface area contributed by atoms with Crippen LogP contribution in [-0.4, -0.2) is 66.1 Å². The Hall–Kier alpha value is -3.51. The van der Waals surface area contributed by atoms with Crippen LogP contribution in [0.2, 0.25) is 0 Å². The molecule has 1 saturated heterocycles. The van der Waals surface area contributed by atoms with Gasteiger partial charge >= 0.3 is 0 Å². The molecule has 12 heteroatoms. The van der Waals surface area contributed by atoms with E-state index in [-0.39, 0.29) is 36.6 Å². The molecule has 1 spiro atoms. The van der Waals surface area contributed by atoms with Crippen LogP contribution in [0.25, 0.3) is 0 Å². The highest BCUT2D eigenvalue weighted by atomic mass is 19.1. The molecule has 2 aromatic rings. The van der Waals surface area contributed by atoms with E-state index < -0.39 is 52.0 Å². The summed E-state index contributed by atoms with van der Waals surface area (Å²) in [4.78, 5) is 40.9. The third-order valence-corrected chi connectivity index (χ3v) is 6.81. The van der Waals surface area contributed by atoms with Crippen molar-refractivity contribution in [2.45, 2.75) is 24.7 Å². The standard InChI is InChI=1S/C22H22F2N4O6/c1-26-21(32)17-19(30)18(29)15(20(31)25-8-11-3-4-12(23)7-13(11)24)16-14(33-2)9-27(28(16)17)22(26)5-6-34-10-22/h3-4,7,14,30H,5-6,8-10H2,1-2H3,(H,25,31). The van der Waals surface area contributed by atoms with E-state index in [9.17, 15) is 28.3 Å². The minimum Gasteiger partial charge on any atom is -0.502 e. The molecule has 2 amide bonds. The molecule has 0 bridgehead atoms. The first kappa shape index (κ1) is 22.3. The molecule has 0 radical (unpaired) electrons. The van der Waals surface area contributed by atoms with E-state index in [1.807, 2.05) is 0 Å². The van der Waals surface area contributed by atoms with Crippen molar-refractivity contribution in [1.29, 1.82) is 0 Å². The minimum atomic E-state index is -1.04. The number of rotatable bonds is 4. The highest BCUT2D eigenvalue weighted by molar-refractivity contribution is 6.01. The normalized spacial score (nSPS) is 23.1. The van der Waals surface area contributed by atoms with Crippen molar-refractivity contribution in [2.24, 2.45) is 0 Å². The summed E-state index contributed by atoms with van der Waals surface area (Å²) >= 11 is 0. The van der Waals surface area contributed by atoms with Gasteiger partial charge in [-0.2, -0.15) is 0 Å². The quantitative estimate of drug-likeness (QED) is 0.665. The van der Waals surface area contributed by atoms with E-state index in [4.69, 9.17) is 9.47 Å². The predicted molar refractivity (Wildman–Crippen MR) is 113 cm³/mol. The molecule has 2 atom stereocenters. The maximum absolute atomic E-state index is 14.0. The molecule has 0 saturated carbocycles. The largest absolute Gasteiger partial charge is 0.502 e. The van der Waals surface area contributed by atoms with Gasteiger partial charge < -0.3 is 24.8 Å². The highest BCUT2D eigenvalue weighted by Crippen LogP contribution is 2.42. The van der Waals surface area contributed by atoms with Gasteiger partial charge in [0.1, 0.15) is 23.3 Å². The lowest BCUT2D eigenvalue weighted by Crippen LogP contribution is -2.69. The third kappa shape index (κ3) is 2.95. The fourth-order valence-electron chi connectivity index (χ4n) is 4.96. The lowest BCUT2D eigenvalue weighted by molar-refractivity contribution is 0.0299. The summed E-state index contributed by atoms with van der Waals surface area (Å²) in [6.07, 6.45) is -0.296. The van der Waals surface area contributed by atoms with Gasteiger partial charge in [0, 0.05) is 38.8 Å². The number of carbonyl (C=O) groups excluding carboxylic acids is 2. The highest BCUT2D eigenvalue weighted by Gasteiger charge is 2.56. The Morgan fingerprint density at radius 2 is 2.12 bits per heavy atom. The molecule has 0 aliphatic carbocycles. The first-order valence-corrected chi connectivity index (χ1v) is 10.6. The topological polar surface area (TPSA) is 113 Å². The lowest BCUT2D eigenvalue weighted by atomic mass is 10.0. The Balaban J connectivity index is 1.62. The number of likely N-dealkylation sites (N-methyl/N-ethyl adjacent to an activating group) is 1. The average Bonchev–Trinajstić information content (AvgIpc) is 3.44. The second-order valence-electron chi connectivity index (χ2n) is 8.47. The number of pyridine rings is 1. The molecule has 5 rings (SSSR count). The number of benzene rings is 1. The summed E-state index contributed by atoms with van der Waals surface area (Å²) in [5.74, 6) is -3.96. The van der Waals surface area contributed by atoms with Gasteiger partial charge in [-0.3, -0.25) is 19.4 Å². The van der Waals surface area contributed by atoms with Gasteiger partial charge in [0.05, 0.1) is 25.5 Å². The van der Waals surface area contributed by atoms with Gasteiger partial charge in [0.15, 0.2) is 17.1 Å². The summed E-state index contributed by atoms with van der Waals surface area (Å²) in [5.41, 5.74) is -2.46. The molecule has 2 N–H and O–H groups in total. The zero-order valence-electron chi connectivity index (χ0n) is 18.4. The van der Waals surface area contributed by atoms with Crippen molar-refractivity contribution in [2.75, 3.05) is 38.9 Å². The van der Waals surface area contributed by atoms with Crippen molar-refractivity contribution in [3.8, 4) is 5.75 Å². The fourth-order valence-corrected chi connectivity index (χ4v) is 4.96. The molecule has 3 aliphatic rings. The van der Waals surface area contributed by atoms with Crippen LogP contribution in [0.15, 0.2) is 23.0 Å². The van der Waals surface area contributed by atoms with Crippen molar-refractivity contribution >= 4 is 11.8 Å². The molecule has 180 valence electrons. The Bertz CT molecular complexity index is 1270. The van der Waals surface area contributed by atoms with Crippen LogP contribution in [0.1, 0.15) is 44.6 Å². The molecule has 1 aromatic carbocycles. The van der Waals surface area contributed by atoms with Crippen LogP contribution < -0.4 is 15.8 Å². The maximum Gasteiger partial charge on any atom is 0.278 e. The second-order valence-corrected chi connectivity index (χ2v) is 8.47. The number of nitrogens with zero attached hydrogens (tertiary/aromatic N) is 3. The molecular weight excluding hydrogens is 454 g/mol. The number of amides is 2. The number of fused-ring (bicyclic) bond motifs is 1. The van der Waals surface area contributed by atoms with Gasteiger partial charge in [0.25, 0.3) is 11.8 Å². The number of hydrogen-bond donors (Lipinski definition) is 2. The maximum atomic E-state index is 14.0. The van der Waals surface area contributed by atoms with Gasteiger partial charge in [-0.1, -0.05) is 6.07 Å². The Kier molecular flexibility index (Phi) is 5.10. The summed E-state index contributed by atoms with van der Waals surface area (Å²) in [6, 6.07) is 2.91. The van der Waals surface area contributed by atoms with Crippen molar-refractivity contribution in [1.82, 2.24) is 14.9 Å². The Morgan fingerprint density at radius 1 is 1.35 bits per heavy atom. The number of aromatic hydroxyl groups is 1. The summed E-state index contributed by atoms with van der Waals surface area (Å²) in [6.45, 7) is 0.468. The van der Waals surface area contributed by atoms with E-state index in [1.54, 1.807) is 12.1 Å². The van der Waals surface area contributed by atoms with E-state index in [0.29, 0.717) is 19.1 Å². The summed E-state index contributed by atoms with van der Waals surface area (Å²) < 4.78 is 39.7. The smallest absolute Gasteiger partial charge is 0.278 e. The van der Waals surface area contributed by atoms with Gasteiger partial charge in [0.2, 0.25) is 5.43 Å². The molecule has 2 unspecified atom stereocenters. The molecule has 1 fully saturated rings. The van der Waals surface area contributed by atoms with Crippen LogP contribution in [-0.2, 0) is 16.0 Å². The zero-order chi connectivity index (χ0) is 24.4. The van der Waals surface area contributed by atoms with Crippen molar-refractivity contribution < 1.29 is 33.0 Å². The summed E-state index contributed by atoms with van der Waals surface area (Å²) in [7, 11) is 2.98. The van der Waals surface area contributed by atoms with Crippen LogP contribution >= 0.6 is 0 Å². The molecule has 3 aliphatic heterocycles. The number of aromatic nitrogens is 1. The number of carbonyl (C=O) groups is 2. The van der Waals surface area contributed by atoms with Gasteiger partial charge in [-0.05, 0) is 6.07 Å². The first-order chi connectivity index (χ1) is 16.2. The third-order valence-electron chi connectivity index (χ3n) is 6.81. The number of hydrogen-bond acceptors (Lipinski definition) is 7. The predicted octanol–water partition coefficient (Wildman–Crippen LogP) is 0.603. The zero-order valence-corrected chi connectivity index (χ0v) is 18.4. The fraction of sp³-hybridized carbons (Fsp3) is 0.409. The monoisotopic (exact) mass is 476 g/mol. The lowest BCUT2D eigenvalue weighted by Gasteiger charge is -2.50. The second kappa shape index (κ2) is 7.77. The van der Waals surface area contributed by atoms with Gasteiger partial charge in [-0.15, -0.1) is 0 Å². The number of halogens is 2. The number of methoxy groups -OCH3 is 1. The van der Waals surface area contributed by atoms with Crippen LogP contribution in [0.3, 0.4) is 0 Å². The Labute approximate surface area is 192 Å². The SMILES string of the molecule is COC1CN2n3c(c(O)c(=O)c(C(=O)NCc4ccc(F)cc4F)c31)C(=O)N(C)C21CCOC1. The number of nitrogens with one attached hydrogen (secondary N) is 1. The van der Waals surface area contributed by atoms with Crippen molar-refractivity contribution in [3.63, 3.8) is 0 Å². The van der Waals surface area contributed by atoms with E-state index in [0.717, 1.165) is 6.07 Å². The van der Waals surface area contributed by atoms with Gasteiger partial charge in [-0.25, -0.2) is 13.5 Å². The first-order valence-electron chi connectivity index (χ1n) is 10.6. The van der Waals surface area contributed by atoms with Crippen molar-refractivity contribution in [3.05, 3.63) is 62.6 Å². The van der Waals surface area contributed by atoms with E-state index in [1.165, 1.54) is 22.8 Å². The average molecular weight is 476 g/mol. The van der Waals surface area contributed by atoms with Crippen LogP contribution in [0, 0.1) is 11.6 Å². The molecule has 4 heterocycles.